The molecule has 0 aromatic carbocycles. The first-order valence-electron chi connectivity index (χ1n) is 4.89. The summed E-state index contributed by atoms with van der Waals surface area (Å²) < 4.78 is 0. The molecular weight excluding hydrogens is 200 g/mol. The number of piperidine rings is 1. The maximum atomic E-state index is 11.3. The summed E-state index contributed by atoms with van der Waals surface area (Å²) in [5.41, 5.74) is -0.942. The molecule has 0 spiro atoms. The number of aliphatic hydroxyl groups is 1. The van der Waals surface area contributed by atoms with E-state index < -0.39 is 17.5 Å². The number of hydrogen-bond donors (Lipinski definition) is 3. The van der Waals surface area contributed by atoms with E-state index in [9.17, 15) is 14.7 Å². The molecule has 1 heterocycles. The molecule has 2 amide bonds. The Hall–Kier alpha value is -1.14. The SMILES string of the molecule is CC(=O)N(C(=O)O)C1(CO)CCNCC1. The quantitative estimate of drug-likeness (QED) is 0.586. The number of hydrogen-bond acceptors (Lipinski definition) is 4. The molecule has 1 aliphatic rings. The van der Waals surface area contributed by atoms with Gasteiger partial charge in [0, 0.05) is 6.92 Å². The van der Waals surface area contributed by atoms with E-state index in [1.807, 2.05) is 0 Å². The van der Waals surface area contributed by atoms with Crippen molar-refractivity contribution in [2.75, 3.05) is 19.7 Å². The summed E-state index contributed by atoms with van der Waals surface area (Å²) in [6.45, 7) is 2.10. The predicted octanol–water partition coefficient (Wildman–Crippen LogP) is -0.373. The van der Waals surface area contributed by atoms with Crippen LogP contribution in [0.3, 0.4) is 0 Å². The predicted molar refractivity (Wildman–Crippen MR) is 52.5 cm³/mol. The highest BCUT2D eigenvalue weighted by molar-refractivity contribution is 5.90. The molecule has 1 fully saturated rings. The molecule has 0 atom stereocenters. The Kier molecular flexibility index (Phi) is 3.65. The van der Waals surface area contributed by atoms with Crippen LogP contribution < -0.4 is 5.32 Å². The third kappa shape index (κ3) is 2.27. The number of nitrogens with one attached hydrogen (secondary N) is 1. The van der Waals surface area contributed by atoms with Gasteiger partial charge in [-0.2, -0.15) is 0 Å². The molecule has 0 aromatic rings. The van der Waals surface area contributed by atoms with Crippen LogP contribution in [-0.2, 0) is 4.79 Å². The van der Waals surface area contributed by atoms with Crippen LogP contribution in [0.1, 0.15) is 19.8 Å². The van der Waals surface area contributed by atoms with E-state index >= 15 is 0 Å². The number of carboxylic acid groups (broad SMARTS) is 1. The number of imide groups is 1. The van der Waals surface area contributed by atoms with Crippen LogP contribution in [0.5, 0.6) is 0 Å². The Balaban J connectivity index is 2.94. The monoisotopic (exact) mass is 216 g/mol. The summed E-state index contributed by atoms with van der Waals surface area (Å²) in [5, 5.41) is 21.4. The highest BCUT2D eigenvalue weighted by Gasteiger charge is 2.42. The zero-order valence-electron chi connectivity index (χ0n) is 8.69. The van der Waals surface area contributed by atoms with Gasteiger partial charge in [0.15, 0.2) is 0 Å². The van der Waals surface area contributed by atoms with Crippen LogP contribution in [-0.4, -0.2) is 52.3 Å². The van der Waals surface area contributed by atoms with Gasteiger partial charge in [0.25, 0.3) is 0 Å². The molecule has 0 saturated carbocycles. The summed E-state index contributed by atoms with van der Waals surface area (Å²) in [4.78, 5) is 23.0. The van der Waals surface area contributed by atoms with Crippen molar-refractivity contribution in [1.29, 1.82) is 0 Å². The van der Waals surface area contributed by atoms with Gasteiger partial charge in [-0.1, -0.05) is 0 Å². The second-order valence-electron chi connectivity index (χ2n) is 3.77. The van der Waals surface area contributed by atoms with Crippen LogP contribution in [0.15, 0.2) is 0 Å². The molecule has 1 saturated heterocycles. The number of amides is 2. The number of nitrogens with zero attached hydrogens (tertiary/aromatic N) is 1. The molecule has 86 valence electrons. The van der Waals surface area contributed by atoms with Gasteiger partial charge in [-0.25, -0.2) is 9.69 Å². The van der Waals surface area contributed by atoms with Gasteiger partial charge < -0.3 is 15.5 Å². The Morgan fingerprint density at radius 2 is 1.93 bits per heavy atom. The van der Waals surface area contributed by atoms with E-state index in [1.54, 1.807) is 0 Å². The Labute approximate surface area is 87.9 Å². The summed E-state index contributed by atoms with van der Waals surface area (Å²) in [5.74, 6) is -0.543. The number of rotatable bonds is 2. The normalized spacial score (nSPS) is 19.6. The molecular formula is C9H16N2O4. The Morgan fingerprint density at radius 1 is 1.40 bits per heavy atom. The van der Waals surface area contributed by atoms with E-state index in [0.717, 1.165) is 4.90 Å². The number of carbonyl (C=O) groups excluding carboxylic acids is 1. The molecule has 1 rings (SSSR count). The minimum Gasteiger partial charge on any atom is -0.465 e. The van der Waals surface area contributed by atoms with Crippen LogP contribution in [0.25, 0.3) is 0 Å². The van der Waals surface area contributed by atoms with Gasteiger partial charge in [0.05, 0.1) is 12.1 Å². The van der Waals surface area contributed by atoms with Crippen molar-refractivity contribution in [2.24, 2.45) is 0 Å². The summed E-state index contributed by atoms with van der Waals surface area (Å²) in [6, 6.07) is 0. The Morgan fingerprint density at radius 3 is 2.27 bits per heavy atom. The first kappa shape index (κ1) is 11.9. The number of carbonyl (C=O) groups is 2. The largest absolute Gasteiger partial charge is 0.465 e. The highest BCUT2D eigenvalue weighted by atomic mass is 16.4. The molecule has 0 aromatic heterocycles. The van der Waals surface area contributed by atoms with Gasteiger partial charge in [-0.3, -0.25) is 4.79 Å². The highest BCUT2D eigenvalue weighted by Crippen LogP contribution is 2.26. The zero-order valence-corrected chi connectivity index (χ0v) is 8.69. The minimum absolute atomic E-state index is 0.319. The second kappa shape index (κ2) is 4.59. The second-order valence-corrected chi connectivity index (χ2v) is 3.77. The van der Waals surface area contributed by atoms with Crippen molar-refractivity contribution < 1.29 is 19.8 Å². The van der Waals surface area contributed by atoms with Gasteiger partial charge in [-0.15, -0.1) is 0 Å². The lowest BCUT2D eigenvalue weighted by molar-refractivity contribution is -0.135. The van der Waals surface area contributed by atoms with Crippen LogP contribution >= 0.6 is 0 Å². The molecule has 15 heavy (non-hydrogen) atoms. The van der Waals surface area contributed by atoms with Crippen molar-refractivity contribution in [3.05, 3.63) is 0 Å². The third-order valence-corrected chi connectivity index (χ3v) is 2.81. The average molecular weight is 216 g/mol. The van der Waals surface area contributed by atoms with E-state index in [1.165, 1.54) is 6.92 Å². The third-order valence-electron chi connectivity index (χ3n) is 2.81. The fraction of sp³-hybridized carbons (Fsp3) is 0.778. The smallest absolute Gasteiger partial charge is 0.414 e. The maximum Gasteiger partial charge on any atom is 0.414 e. The maximum absolute atomic E-state index is 11.3. The van der Waals surface area contributed by atoms with Gasteiger partial charge in [0.1, 0.15) is 0 Å². The molecule has 1 aliphatic heterocycles. The van der Waals surface area contributed by atoms with E-state index in [0.29, 0.717) is 25.9 Å². The first-order valence-corrected chi connectivity index (χ1v) is 4.89. The van der Waals surface area contributed by atoms with E-state index in [2.05, 4.69) is 5.32 Å². The summed E-state index contributed by atoms with van der Waals surface area (Å²) in [7, 11) is 0. The van der Waals surface area contributed by atoms with Crippen molar-refractivity contribution >= 4 is 12.0 Å². The minimum atomic E-state index is -1.29. The van der Waals surface area contributed by atoms with E-state index in [4.69, 9.17) is 5.11 Å². The van der Waals surface area contributed by atoms with Crippen LogP contribution in [0.2, 0.25) is 0 Å². The topological polar surface area (TPSA) is 89.9 Å². The summed E-state index contributed by atoms with van der Waals surface area (Å²) in [6.07, 6.45) is -0.386. The van der Waals surface area contributed by atoms with Crippen molar-refractivity contribution in [1.82, 2.24) is 10.2 Å². The van der Waals surface area contributed by atoms with Crippen molar-refractivity contribution in [3.8, 4) is 0 Å². The molecule has 6 heteroatoms. The van der Waals surface area contributed by atoms with Gasteiger partial charge in [0.2, 0.25) is 5.91 Å². The Bertz CT molecular complexity index is 247. The molecule has 6 nitrogen and oxygen atoms in total. The van der Waals surface area contributed by atoms with Crippen molar-refractivity contribution in [2.45, 2.75) is 25.3 Å². The zero-order chi connectivity index (χ0) is 11.5. The lowest BCUT2D eigenvalue weighted by atomic mass is 9.87. The molecule has 0 radical (unpaired) electrons. The molecule has 0 unspecified atom stereocenters. The average Bonchev–Trinajstić information content (AvgIpc) is 2.18. The van der Waals surface area contributed by atoms with Crippen LogP contribution in [0.4, 0.5) is 4.79 Å². The van der Waals surface area contributed by atoms with Gasteiger partial charge in [-0.05, 0) is 25.9 Å². The van der Waals surface area contributed by atoms with Gasteiger partial charge >= 0.3 is 6.09 Å². The lowest BCUT2D eigenvalue weighted by Crippen LogP contribution is -2.60. The molecule has 0 aliphatic carbocycles. The number of aliphatic hydroxyl groups excluding tert-OH is 1. The lowest BCUT2D eigenvalue weighted by Gasteiger charge is -2.42. The van der Waals surface area contributed by atoms with Crippen molar-refractivity contribution in [3.63, 3.8) is 0 Å². The fourth-order valence-electron chi connectivity index (χ4n) is 2.02. The van der Waals surface area contributed by atoms with Crippen LogP contribution in [0, 0.1) is 0 Å². The summed E-state index contributed by atoms with van der Waals surface area (Å²) >= 11 is 0. The van der Waals surface area contributed by atoms with E-state index in [-0.39, 0.29) is 6.61 Å². The first-order chi connectivity index (χ1) is 7.03. The molecule has 3 N–H and O–H groups in total. The standard InChI is InChI=1S/C9H16N2O4/c1-7(13)11(8(14)15)9(6-12)2-4-10-5-3-9/h10,12H,2-6H2,1H3,(H,14,15). The molecule has 0 bridgehead atoms. The fourth-order valence-corrected chi connectivity index (χ4v) is 2.02.